The Bertz CT molecular complexity index is 587. The van der Waals surface area contributed by atoms with Gasteiger partial charge in [0.15, 0.2) is 6.29 Å². The standard InChI is InChI=1S/C34H61NO2/c1-2-3-4-5-6-7-11-20-30(28-35)21-14-10-17-24-34-36-32-25-26-33(37-34)31-22-15-8-12-18-29(27-32)19-13-9-16-23-31/h29-34H,2-27H2,1H3. The maximum atomic E-state index is 9.62. The largest absolute Gasteiger partial charge is 0.349 e. The lowest BCUT2D eigenvalue weighted by Gasteiger charge is -2.29. The minimum Gasteiger partial charge on any atom is -0.349 e. The Balaban J connectivity index is 1.40. The highest BCUT2D eigenvalue weighted by atomic mass is 16.7. The molecular formula is C34H61NO2. The maximum Gasteiger partial charge on any atom is 0.158 e. The van der Waals surface area contributed by atoms with Crippen LogP contribution in [0.1, 0.15) is 174 Å². The number of nitriles is 1. The van der Waals surface area contributed by atoms with Gasteiger partial charge in [0.05, 0.1) is 18.3 Å². The third-order valence-electron chi connectivity index (χ3n) is 9.77. The zero-order chi connectivity index (χ0) is 26.0. The topological polar surface area (TPSA) is 42.2 Å². The summed E-state index contributed by atoms with van der Waals surface area (Å²) in [6, 6.07) is 2.60. The molecule has 1 aliphatic heterocycles. The van der Waals surface area contributed by atoms with E-state index >= 15 is 0 Å². The fourth-order valence-corrected chi connectivity index (χ4v) is 7.38. The van der Waals surface area contributed by atoms with Gasteiger partial charge in [0.25, 0.3) is 0 Å². The van der Waals surface area contributed by atoms with Crippen LogP contribution in [-0.4, -0.2) is 18.5 Å². The molecule has 0 spiro atoms. The molecule has 4 aliphatic rings. The molecule has 0 radical (unpaired) electrons. The zero-order valence-corrected chi connectivity index (χ0v) is 24.6. The molecule has 3 heteroatoms. The molecule has 37 heavy (non-hydrogen) atoms. The van der Waals surface area contributed by atoms with Crippen LogP contribution in [0.3, 0.4) is 0 Å². The quantitative estimate of drug-likeness (QED) is 0.216. The minimum absolute atomic E-state index is 0.00151. The van der Waals surface area contributed by atoms with Crippen molar-refractivity contribution in [3.63, 3.8) is 0 Å². The number of unbranched alkanes of at least 4 members (excludes halogenated alkanes) is 8. The molecule has 3 aliphatic carbocycles. The van der Waals surface area contributed by atoms with Crippen molar-refractivity contribution in [2.75, 3.05) is 0 Å². The molecule has 3 saturated carbocycles. The van der Waals surface area contributed by atoms with E-state index in [2.05, 4.69) is 13.0 Å². The number of hydrogen-bond donors (Lipinski definition) is 0. The molecule has 4 rings (SSSR count). The van der Waals surface area contributed by atoms with E-state index < -0.39 is 0 Å². The van der Waals surface area contributed by atoms with Crippen molar-refractivity contribution in [2.24, 2.45) is 17.8 Å². The van der Waals surface area contributed by atoms with Gasteiger partial charge in [-0.25, -0.2) is 0 Å². The monoisotopic (exact) mass is 515 g/mol. The SMILES string of the molecule is CCCCCCCCCC(C#N)CCCCCC1OC2CCC(O1)C1CCCCCC(CCCCC1)C2. The summed E-state index contributed by atoms with van der Waals surface area (Å²) in [5.41, 5.74) is 0. The van der Waals surface area contributed by atoms with Gasteiger partial charge in [-0.05, 0) is 69.6 Å². The van der Waals surface area contributed by atoms with Gasteiger partial charge in [-0.2, -0.15) is 5.26 Å². The van der Waals surface area contributed by atoms with Crippen LogP contribution in [0.2, 0.25) is 0 Å². The van der Waals surface area contributed by atoms with Crippen LogP contribution in [0, 0.1) is 29.1 Å². The van der Waals surface area contributed by atoms with Crippen LogP contribution >= 0.6 is 0 Å². The minimum atomic E-state index is 0.00151. The van der Waals surface area contributed by atoms with E-state index in [4.69, 9.17) is 9.47 Å². The lowest BCUT2D eigenvalue weighted by atomic mass is 9.82. The van der Waals surface area contributed by atoms with Crippen molar-refractivity contribution in [3.05, 3.63) is 0 Å². The van der Waals surface area contributed by atoms with E-state index in [9.17, 15) is 5.26 Å². The number of nitrogens with zero attached hydrogens (tertiary/aromatic N) is 1. The summed E-state index contributed by atoms with van der Waals surface area (Å²) < 4.78 is 13.5. The molecule has 3 nitrogen and oxygen atoms in total. The van der Waals surface area contributed by atoms with Gasteiger partial charge >= 0.3 is 0 Å². The van der Waals surface area contributed by atoms with Gasteiger partial charge in [-0.1, -0.05) is 116 Å². The van der Waals surface area contributed by atoms with Gasteiger partial charge < -0.3 is 9.47 Å². The summed E-state index contributed by atoms with van der Waals surface area (Å²) in [6.07, 6.45) is 34.6. The summed E-state index contributed by atoms with van der Waals surface area (Å²) in [4.78, 5) is 0. The molecule has 4 unspecified atom stereocenters. The zero-order valence-electron chi connectivity index (χ0n) is 24.6. The van der Waals surface area contributed by atoms with E-state index in [1.165, 1.54) is 148 Å². The van der Waals surface area contributed by atoms with Crippen molar-refractivity contribution in [1.29, 1.82) is 5.26 Å². The lowest BCUT2D eigenvalue weighted by molar-refractivity contribution is -0.190. The smallest absolute Gasteiger partial charge is 0.158 e. The van der Waals surface area contributed by atoms with Crippen LogP contribution in [0.4, 0.5) is 0 Å². The second-order valence-electron chi connectivity index (χ2n) is 13.0. The highest BCUT2D eigenvalue weighted by Crippen LogP contribution is 2.36. The van der Waals surface area contributed by atoms with Crippen LogP contribution in [0.15, 0.2) is 0 Å². The Labute approximate surface area is 230 Å². The first-order chi connectivity index (χ1) is 18.3. The Morgan fingerprint density at radius 1 is 0.676 bits per heavy atom. The predicted octanol–water partition coefficient (Wildman–Crippen LogP) is 10.7. The van der Waals surface area contributed by atoms with E-state index in [-0.39, 0.29) is 12.2 Å². The van der Waals surface area contributed by atoms with Gasteiger partial charge in [0.2, 0.25) is 0 Å². The highest BCUT2D eigenvalue weighted by molar-refractivity contribution is 4.83. The lowest BCUT2D eigenvalue weighted by Crippen LogP contribution is -2.29. The molecule has 0 N–H and O–H groups in total. The summed E-state index contributed by atoms with van der Waals surface area (Å²) in [6.45, 7) is 2.28. The van der Waals surface area contributed by atoms with E-state index in [1.807, 2.05) is 0 Å². The average molecular weight is 516 g/mol. The van der Waals surface area contributed by atoms with Crippen molar-refractivity contribution < 1.29 is 9.47 Å². The van der Waals surface area contributed by atoms with Crippen molar-refractivity contribution in [1.82, 2.24) is 0 Å². The van der Waals surface area contributed by atoms with Crippen molar-refractivity contribution in [2.45, 2.75) is 192 Å². The van der Waals surface area contributed by atoms with Crippen LogP contribution in [0.25, 0.3) is 0 Å². The summed E-state index contributed by atoms with van der Waals surface area (Å²) in [5.74, 6) is 1.86. The average Bonchev–Trinajstić information content (AvgIpc) is 3.08. The maximum absolute atomic E-state index is 9.62. The highest BCUT2D eigenvalue weighted by Gasteiger charge is 2.33. The van der Waals surface area contributed by atoms with E-state index in [1.54, 1.807) is 0 Å². The first-order valence-corrected chi connectivity index (χ1v) is 17.0. The Hall–Kier alpha value is -0.590. The fraction of sp³-hybridized carbons (Fsp3) is 0.971. The second-order valence-corrected chi connectivity index (χ2v) is 13.0. The third-order valence-corrected chi connectivity index (χ3v) is 9.77. The Morgan fingerprint density at radius 2 is 1.30 bits per heavy atom. The molecule has 1 heterocycles. The van der Waals surface area contributed by atoms with Crippen LogP contribution in [-0.2, 0) is 9.47 Å². The van der Waals surface area contributed by atoms with Crippen LogP contribution in [0.5, 0.6) is 0 Å². The van der Waals surface area contributed by atoms with Gasteiger partial charge in [-0.3, -0.25) is 0 Å². The molecule has 0 amide bonds. The molecule has 1 saturated heterocycles. The predicted molar refractivity (Wildman–Crippen MR) is 155 cm³/mol. The molecule has 214 valence electrons. The fourth-order valence-electron chi connectivity index (χ4n) is 7.38. The number of ether oxygens (including phenoxy) is 2. The van der Waals surface area contributed by atoms with Gasteiger partial charge in [0, 0.05) is 5.92 Å². The van der Waals surface area contributed by atoms with Gasteiger partial charge in [0.1, 0.15) is 0 Å². The molecule has 0 aromatic carbocycles. The molecule has 0 aromatic rings. The first-order valence-electron chi connectivity index (χ1n) is 17.0. The Kier molecular flexibility index (Phi) is 16.3. The normalized spacial score (nSPS) is 30.2. The van der Waals surface area contributed by atoms with Crippen molar-refractivity contribution >= 4 is 0 Å². The molecule has 4 bridgehead atoms. The van der Waals surface area contributed by atoms with E-state index in [0.717, 1.165) is 31.1 Å². The van der Waals surface area contributed by atoms with Crippen LogP contribution < -0.4 is 0 Å². The molecule has 4 fully saturated rings. The van der Waals surface area contributed by atoms with Crippen molar-refractivity contribution in [3.8, 4) is 6.07 Å². The summed E-state index contributed by atoms with van der Waals surface area (Å²) in [5, 5.41) is 9.62. The summed E-state index contributed by atoms with van der Waals surface area (Å²) >= 11 is 0. The van der Waals surface area contributed by atoms with E-state index in [0.29, 0.717) is 12.2 Å². The second kappa shape index (κ2) is 19.5. The summed E-state index contributed by atoms with van der Waals surface area (Å²) in [7, 11) is 0. The molecular weight excluding hydrogens is 454 g/mol. The molecule has 4 atom stereocenters. The third kappa shape index (κ3) is 12.9. The number of rotatable bonds is 14. The number of fused-ring (bicyclic) bond motifs is 8. The van der Waals surface area contributed by atoms with Gasteiger partial charge in [-0.15, -0.1) is 0 Å². The number of hydrogen-bond acceptors (Lipinski definition) is 3. The molecule has 0 aromatic heterocycles. The Morgan fingerprint density at radius 3 is 1.97 bits per heavy atom. The first kappa shape index (κ1) is 30.9.